The van der Waals surface area contributed by atoms with Crippen LogP contribution in [0.5, 0.6) is 17.2 Å². The van der Waals surface area contributed by atoms with Gasteiger partial charge < -0.3 is 30.2 Å². The van der Waals surface area contributed by atoms with Gasteiger partial charge in [0.1, 0.15) is 28.2 Å². The summed E-state index contributed by atoms with van der Waals surface area (Å²) in [5, 5.41) is 8.01. The molecule has 0 saturated carbocycles. The number of hydrogen-bond acceptors (Lipinski definition) is 7. The monoisotopic (exact) mass is 673 g/mol. The summed E-state index contributed by atoms with van der Waals surface area (Å²) in [5.74, 6) is 0.597. The summed E-state index contributed by atoms with van der Waals surface area (Å²) in [4.78, 5) is 41.0. The van der Waals surface area contributed by atoms with Crippen LogP contribution in [-0.2, 0) is 9.59 Å². The molecule has 5 aromatic carbocycles. The molecule has 0 aromatic heterocycles. The zero-order valence-electron chi connectivity index (χ0n) is 27.1. The third-order valence-corrected chi connectivity index (χ3v) is 8.60. The fourth-order valence-electron chi connectivity index (χ4n) is 4.76. The van der Waals surface area contributed by atoms with Crippen LogP contribution in [0.15, 0.2) is 138 Å². The second-order valence-electron chi connectivity index (χ2n) is 10.6. The lowest BCUT2D eigenvalue weighted by atomic mass is 10.1. The van der Waals surface area contributed by atoms with E-state index in [2.05, 4.69) is 16.0 Å². The SMILES string of the molecule is COc1ccc(/C=C(\NC(=O)c2ccccc2)C(=O)Nc2ccc(SC(C(=O)Nc3ccc(OC)cc3OC)c3ccccc3)cc2)cc1. The fraction of sp³-hybridized carbons (Fsp3) is 0.103. The Morgan fingerprint density at radius 1 is 0.673 bits per heavy atom. The fourth-order valence-corrected chi connectivity index (χ4v) is 5.79. The number of benzene rings is 5. The zero-order valence-corrected chi connectivity index (χ0v) is 28.0. The summed E-state index contributed by atoms with van der Waals surface area (Å²) in [6.07, 6.45) is 1.60. The van der Waals surface area contributed by atoms with E-state index in [-0.39, 0.29) is 11.6 Å². The van der Waals surface area contributed by atoms with Crippen molar-refractivity contribution >= 4 is 46.9 Å². The molecule has 10 heteroatoms. The number of methoxy groups -OCH3 is 3. The number of thioether (sulfide) groups is 1. The van der Waals surface area contributed by atoms with Crippen LogP contribution < -0.4 is 30.2 Å². The van der Waals surface area contributed by atoms with Crippen molar-refractivity contribution in [3.8, 4) is 17.2 Å². The largest absolute Gasteiger partial charge is 0.497 e. The van der Waals surface area contributed by atoms with Crippen LogP contribution in [0.1, 0.15) is 26.7 Å². The van der Waals surface area contributed by atoms with Gasteiger partial charge >= 0.3 is 0 Å². The Morgan fingerprint density at radius 3 is 1.94 bits per heavy atom. The first-order valence-corrected chi connectivity index (χ1v) is 16.1. The van der Waals surface area contributed by atoms with Gasteiger partial charge in [0.2, 0.25) is 5.91 Å². The van der Waals surface area contributed by atoms with Gasteiger partial charge in [-0.25, -0.2) is 0 Å². The first-order chi connectivity index (χ1) is 23.9. The van der Waals surface area contributed by atoms with Crippen molar-refractivity contribution in [1.82, 2.24) is 5.32 Å². The summed E-state index contributed by atoms with van der Waals surface area (Å²) in [5.41, 5.74) is 3.02. The molecule has 0 aliphatic heterocycles. The van der Waals surface area contributed by atoms with Crippen molar-refractivity contribution in [3.05, 3.63) is 150 Å². The molecule has 1 atom stereocenters. The minimum Gasteiger partial charge on any atom is -0.497 e. The highest BCUT2D eigenvalue weighted by Gasteiger charge is 2.24. The number of amides is 3. The summed E-state index contributed by atoms with van der Waals surface area (Å²) < 4.78 is 16.0. The molecule has 0 heterocycles. The zero-order chi connectivity index (χ0) is 34.6. The predicted octanol–water partition coefficient (Wildman–Crippen LogP) is 7.59. The van der Waals surface area contributed by atoms with Crippen LogP contribution in [0.3, 0.4) is 0 Å². The molecule has 0 radical (unpaired) electrons. The molecule has 0 bridgehead atoms. The predicted molar refractivity (Wildman–Crippen MR) is 193 cm³/mol. The Kier molecular flexibility index (Phi) is 11.7. The van der Waals surface area contributed by atoms with Crippen LogP contribution in [0.25, 0.3) is 6.08 Å². The van der Waals surface area contributed by atoms with Crippen LogP contribution in [0, 0.1) is 0 Å². The molecule has 3 amide bonds. The second-order valence-corrected chi connectivity index (χ2v) is 11.8. The van der Waals surface area contributed by atoms with E-state index in [4.69, 9.17) is 14.2 Å². The minimum atomic E-state index is -0.597. The summed E-state index contributed by atoms with van der Waals surface area (Å²) in [6, 6.07) is 37.6. The summed E-state index contributed by atoms with van der Waals surface area (Å²) >= 11 is 1.37. The van der Waals surface area contributed by atoms with Crippen LogP contribution in [0.2, 0.25) is 0 Å². The third-order valence-electron chi connectivity index (χ3n) is 7.33. The van der Waals surface area contributed by atoms with Crippen molar-refractivity contribution in [2.24, 2.45) is 0 Å². The van der Waals surface area contributed by atoms with Gasteiger partial charge in [-0.05, 0) is 77.9 Å². The maximum absolute atomic E-state index is 13.7. The van der Waals surface area contributed by atoms with Gasteiger partial charge in [0.05, 0.1) is 27.0 Å². The normalized spacial score (nSPS) is 11.5. The lowest BCUT2D eigenvalue weighted by Crippen LogP contribution is -2.30. The molecule has 0 spiro atoms. The van der Waals surface area contributed by atoms with E-state index in [1.165, 1.54) is 18.9 Å². The molecular weight excluding hydrogens is 639 g/mol. The highest BCUT2D eigenvalue weighted by atomic mass is 32.2. The molecule has 0 aliphatic rings. The summed E-state index contributed by atoms with van der Waals surface area (Å²) in [7, 11) is 4.67. The molecule has 49 heavy (non-hydrogen) atoms. The van der Waals surface area contributed by atoms with Gasteiger partial charge in [-0.15, -0.1) is 11.8 Å². The Morgan fingerprint density at radius 2 is 1.31 bits per heavy atom. The van der Waals surface area contributed by atoms with Crippen LogP contribution in [-0.4, -0.2) is 39.1 Å². The number of hydrogen-bond donors (Lipinski definition) is 3. The van der Waals surface area contributed by atoms with E-state index in [9.17, 15) is 14.4 Å². The van der Waals surface area contributed by atoms with Crippen LogP contribution >= 0.6 is 11.8 Å². The number of ether oxygens (including phenoxy) is 3. The Labute approximate surface area is 289 Å². The quantitative estimate of drug-likeness (QED) is 0.0872. The van der Waals surface area contributed by atoms with E-state index in [0.29, 0.717) is 39.8 Å². The average Bonchev–Trinajstić information content (AvgIpc) is 3.15. The van der Waals surface area contributed by atoms with E-state index >= 15 is 0 Å². The molecule has 0 saturated heterocycles. The number of carbonyl (C=O) groups excluding carboxylic acids is 3. The minimum absolute atomic E-state index is 0.0623. The highest BCUT2D eigenvalue weighted by molar-refractivity contribution is 8.00. The van der Waals surface area contributed by atoms with Crippen LogP contribution in [0.4, 0.5) is 11.4 Å². The van der Waals surface area contributed by atoms with Crippen molar-refractivity contribution in [2.45, 2.75) is 10.1 Å². The Bertz CT molecular complexity index is 1920. The standard InChI is InChI=1S/C39H35N3O6S/c1-46-30-18-14-26(15-19-30)24-34(42-37(43)28-12-8-5-9-13-28)38(44)40-29-16-21-32(22-17-29)49-36(27-10-6-4-7-11-27)39(45)41-33-23-20-31(47-2)25-35(33)48-3/h4-25,36H,1-3H3,(H,40,44)(H,41,45)(H,42,43)/b34-24-. The van der Waals surface area contributed by atoms with Gasteiger partial charge in [-0.1, -0.05) is 60.7 Å². The molecule has 1 unspecified atom stereocenters. The highest BCUT2D eigenvalue weighted by Crippen LogP contribution is 2.38. The lowest BCUT2D eigenvalue weighted by Gasteiger charge is -2.19. The summed E-state index contributed by atoms with van der Waals surface area (Å²) in [6.45, 7) is 0. The van der Waals surface area contributed by atoms with Gasteiger partial charge in [-0.3, -0.25) is 14.4 Å². The number of nitrogens with one attached hydrogen (secondary N) is 3. The lowest BCUT2D eigenvalue weighted by molar-refractivity contribution is -0.116. The molecule has 248 valence electrons. The number of carbonyl (C=O) groups is 3. The van der Waals surface area contributed by atoms with E-state index in [0.717, 1.165) is 10.5 Å². The molecular formula is C39H35N3O6S. The Hall–Kier alpha value is -6.00. The second kappa shape index (κ2) is 16.7. The van der Waals surface area contributed by atoms with Crippen molar-refractivity contribution in [2.75, 3.05) is 32.0 Å². The van der Waals surface area contributed by atoms with Gasteiger partial charge in [0.25, 0.3) is 11.8 Å². The molecule has 5 rings (SSSR count). The maximum atomic E-state index is 13.7. The number of anilines is 2. The first-order valence-electron chi connectivity index (χ1n) is 15.2. The van der Waals surface area contributed by atoms with E-state index in [1.807, 2.05) is 48.5 Å². The van der Waals surface area contributed by atoms with Gasteiger partial charge in [0.15, 0.2) is 0 Å². The molecule has 3 N–H and O–H groups in total. The molecule has 5 aromatic rings. The average molecular weight is 674 g/mol. The van der Waals surface area contributed by atoms with Crippen molar-refractivity contribution < 1.29 is 28.6 Å². The van der Waals surface area contributed by atoms with Gasteiger partial charge in [-0.2, -0.15) is 0 Å². The maximum Gasteiger partial charge on any atom is 0.272 e. The smallest absolute Gasteiger partial charge is 0.272 e. The Balaban J connectivity index is 1.33. The van der Waals surface area contributed by atoms with E-state index < -0.39 is 17.1 Å². The van der Waals surface area contributed by atoms with Crippen molar-refractivity contribution in [3.63, 3.8) is 0 Å². The van der Waals surface area contributed by atoms with E-state index in [1.54, 1.807) is 99.2 Å². The third kappa shape index (κ3) is 9.30. The topological polar surface area (TPSA) is 115 Å². The molecule has 0 fully saturated rings. The number of rotatable bonds is 13. The van der Waals surface area contributed by atoms with Crippen molar-refractivity contribution in [1.29, 1.82) is 0 Å². The molecule has 0 aliphatic carbocycles. The molecule has 9 nitrogen and oxygen atoms in total. The first kappa shape index (κ1) is 34.3. The van der Waals surface area contributed by atoms with Gasteiger partial charge in [0, 0.05) is 22.2 Å².